The first kappa shape index (κ1) is 34.6. The number of aromatic hydroxyl groups is 1. The highest BCUT2D eigenvalue weighted by Crippen LogP contribution is 2.44. The molecule has 0 aliphatic rings. The SMILES string of the molecule is COc1cc(N=Nc2cc(C(=O)O)cc(C(=O)O)c2)c(C)cc1N=Nc1c(S(=O)(=O)O)cc2ccc(Nc3ccc(C(=O)O)cc3)cc2c1O. The molecule has 17 heteroatoms. The van der Waals surface area contributed by atoms with Crippen molar-refractivity contribution in [3.8, 4) is 11.5 Å². The lowest BCUT2D eigenvalue weighted by Gasteiger charge is -2.12. The number of azo groups is 2. The second-order valence-electron chi connectivity index (χ2n) is 10.6. The van der Waals surface area contributed by atoms with Gasteiger partial charge < -0.3 is 30.5 Å². The number of ether oxygens (including phenoxy) is 1. The Bertz CT molecular complexity index is 2340. The number of hydrogen-bond donors (Lipinski definition) is 6. The van der Waals surface area contributed by atoms with E-state index in [4.69, 9.17) is 9.84 Å². The molecule has 16 nitrogen and oxygen atoms in total. The first-order valence-corrected chi connectivity index (χ1v) is 15.6. The standard InChI is InChI=1S/C33H25N5O11S/c1-16-9-26(27(49-2)15-25(16)36-35-23-11-19(32(42)43)10-20(12-23)33(44)45)37-38-29-28(50(46,47)48)13-18-5-8-22(14-24(18)30(29)39)34-21-6-3-17(4-7-21)31(40)41/h3-15,34,39H,1-2H3,(H,40,41)(H,42,43)(H,44,45)(H,46,47,48). The Kier molecular flexibility index (Phi) is 9.55. The zero-order valence-electron chi connectivity index (χ0n) is 25.9. The minimum Gasteiger partial charge on any atom is -0.505 e. The highest BCUT2D eigenvalue weighted by molar-refractivity contribution is 7.86. The van der Waals surface area contributed by atoms with Crippen LogP contribution in [0.1, 0.15) is 36.6 Å². The molecule has 0 fully saturated rings. The van der Waals surface area contributed by atoms with Crippen LogP contribution >= 0.6 is 0 Å². The molecule has 50 heavy (non-hydrogen) atoms. The third-order valence-electron chi connectivity index (χ3n) is 7.19. The predicted molar refractivity (Wildman–Crippen MR) is 179 cm³/mol. The molecule has 0 amide bonds. The summed E-state index contributed by atoms with van der Waals surface area (Å²) >= 11 is 0. The van der Waals surface area contributed by atoms with E-state index in [1.807, 2.05) is 0 Å². The fourth-order valence-electron chi connectivity index (χ4n) is 4.72. The van der Waals surface area contributed by atoms with E-state index in [1.165, 1.54) is 43.5 Å². The van der Waals surface area contributed by atoms with Gasteiger partial charge in [-0.05, 0) is 84.6 Å². The highest BCUT2D eigenvalue weighted by atomic mass is 32.2. The first-order valence-electron chi connectivity index (χ1n) is 14.2. The smallest absolute Gasteiger partial charge is 0.335 e. The van der Waals surface area contributed by atoms with Gasteiger partial charge in [0, 0.05) is 22.8 Å². The third-order valence-corrected chi connectivity index (χ3v) is 8.06. The van der Waals surface area contributed by atoms with Crippen molar-refractivity contribution in [2.24, 2.45) is 20.5 Å². The Morgan fingerprint density at radius 3 is 1.88 bits per heavy atom. The fraction of sp³-hybridized carbons (Fsp3) is 0.0606. The van der Waals surface area contributed by atoms with Gasteiger partial charge in [-0.3, -0.25) is 4.55 Å². The quantitative estimate of drug-likeness (QED) is 0.0570. The number of phenols is 1. The maximum Gasteiger partial charge on any atom is 0.335 e. The van der Waals surface area contributed by atoms with Gasteiger partial charge >= 0.3 is 17.9 Å². The lowest BCUT2D eigenvalue weighted by Crippen LogP contribution is -2.01. The van der Waals surface area contributed by atoms with Gasteiger partial charge in [0.1, 0.15) is 22.0 Å². The van der Waals surface area contributed by atoms with Crippen molar-refractivity contribution in [1.82, 2.24) is 0 Å². The number of aryl methyl sites for hydroxylation is 1. The number of carboxylic acids is 3. The van der Waals surface area contributed by atoms with E-state index in [0.29, 0.717) is 16.9 Å². The van der Waals surface area contributed by atoms with Crippen LogP contribution in [-0.4, -0.2) is 58.4 Å². The number of carbonyl (C=O) groups is 3. The molecule has 5 rings (SSSR count). The second-order valence-corrected chi connectivity index (χ2v) is 12.0. The number of anilines is 2. The van der Waals surface area contributed by atoms with Gasteiger partial charge in [-0.2, -0.15) is 18.6 Å². The van der Waals surface area contributed by atoms with Crippen molar-refractivity contribution in [1.29, 1.82) is 0 Å². The van der Waals surface area contributed by atoms with Crippen molar-refractivity contribution in [3.05, 3.63) is 101 Å². The molecule has 0 spiro atoms. The number of nitrogens with one attached hydrogen (secondary N) is 1. The van der Waals surface area contributed by atoms with E-state index in [2.05, 4.69) is 25.8 Å². The molecule has 0 radical (unpaired) electrons. The summed E-state index contributed by atoms with van der Waals surface area (Å²) in [5.74, 6) is -4.33. The highest BCUT2D eigenvalue weighted by Gasteiger charge is 2.23. The molecular formula is C33H25N5O11S. The van der Waals surface area contributed by atoms with Crippen LogP contribution in [0.3, 0.4) is 0 Å². The van der Waals surface area contributed by atoms with Gasteiger partial charge in [0.15, 0.2) is 5.75 Å². The molecule has 0 heterocycles. The lowest BCUT2D eigenvalue weighted by atomic mass is 10.1. The van der Waals surface area contributed by atoms with Crippen LogP contribution in [-0.2, 0) is 10.1 Å². The van der Waals surface area contributed by atoms with Crippen LogP contribution in [0, 0.1) is 6.92 Å². The molecule has 5 aromatic rings. The first-order chi connectivity index (χ1) is 23.6. The molecule has 0 aliphatic heterocycles. The summed E-state index contributed by atoms with van der Waals surface area (Å²) in [6.45, 7) is 1.62. The van der Waals surface area contributed by atoms with Gasteiger partial charge in [-0.15, -0.1) is 10.2 Å². The van der Waals surface area contributed by atoms with Gasteiger partial charge in [-0.25, -0.2) is 14.4 Å². The molecule has 0 aliphatic carbocycles. The van der Waals surface area contributed by atoms with E-state index in [9.17, 15) is 42.7 Å². The maximum atomic E-state index is 12.3. The Hall–Kier alpha value is -6.72. The van der Waals surface area contributed by atoms with E-state index in [0.717, 1.165) is 24.3 Å². The summed E-state index contributed by atoms with van der Waals surface area (Å²) in [5.41, 5.74) is 0.596. The van der Waals surface area contributed by atoms with Crippen LogP contribution in [0.2, 0.25) is 0 Å². The summed E-state index contributed by atoms with van der Waals surface area (Å²) < 4.78 is 40.1. The average Bonchev–Trinajstić information content (AvgIpc) is 3.07. The van der Waals surface area contributed by atoms with Crippen LogP contribution < -0.4 is 10.1 Å². The average molecular weight is 700 g/mol. The summed E-state index contributed by atoms with van der Waals surface area (Å²) in [4.78, 5) is 33.3. The summed E-state index contributed by atoms with van der Waals surface area (Å²) in [5, 5.41) is 58.5. The molecule has 5 aromatic carbocycles. The molecule has 254 valence electrons. The monoisotopic (exact) mass is 699 g/mol. The minimum atomic E-state index is -4.91. The number of fused-ring (bicyclic) bond motifs is 1. The number of nitrogens with zero attached hydrogens (tertiary/aromatic N) is 4. The molecule has 0 atom stereocenters. The van der Waals surface area contributed by atoms with E-state index >= 15 is 0 Å². The lowest BCUT2D eigenvalue weighted by molar-refractivity contribution is 0.0682. The molecule has 0 saturated heterocycles. The molecule has 0 saturated carbocycles. The Balaban J connectivity index is 1.51. The topological polar surface area (TPSA) is 257 Å². The zero-order valence-corrected chi connectivity index (χ0v) is 26.7. The molecule has 6 N–H and O–H groups in total. The van der Waals surface area contributed by atoms with Crippen molar-refractivity contribution < 1.29 is 52.5 Å². The Morgan fingerprint density at radius 1 is 0.700 bits per heavy atom. The Morgan fingerprint density at radius 2 is 1.30 bits per heavy atom. The molecule has 0 unspecified atom stereocenters. The van der Waals surface area contributed by atoms with Crippen molar-refractivity contribution in [2.75, 3.05) is 12.4 Å². The van der Waals surface area contributed by atoms with Crippen LogP contribution in [0.15, 0.2) is 104 Å². The second kappa shape index (κ2) is 13.8. The summed E-state index contributed by atoms with van der Waals surface area (Å²) in [7, 11) is -3.61. The normalized spacial score (nSPS) is 11.7. The van der Waals surface area contributed by atoms with Crippen molar-refractivity contribution in [2.45, 2.75) is 11.8 Å². The van der Waals surface area contributed by atoms with E-state index in [-0.39, 0.29) is 50.3 Å². The van der Waals surface area contributed by atoms with Crippen LogP contribution in [0.4, 0.5) is 34.1 Å². The number of benzene rings is 5. The van der Waals surface area contributed by atoms with Gasteiger partial charge in [0.25, 0.3) is 10.1 Å². The zero-order chi connectivity index (χ0) is 36.3. The van der Waals surface area contributed by atoms with Gasteiger partial charge in [0.05, 0.1) is 35.2 Å². The number of carboxylic acid groups (broad SMARTS) is 3. The van der Waals surface area contributed by atoms with Gasteiger partial charge in [0.2, 0.25) is 0 Å². The van der Waals surface area contributed by atoms with Crippen LogP contribution in [0.25, 0.3) is 10.8 Å². The predicted octanol–water partition coefficient (Wildman–Crippen LogP) is 7.78. The number of hydrogen-bond acceptors (Lipinski definition) is 12. The summed E-state index contributed by atoms with van der Waals surface area (Å²) in [6.07, 6.45) is 0. The fourth-order valence-corrected chi connectivity index (χ4v) is 5.38. The number of phenolic OH excluding ortho intramolecular Hbond substituents is 1. The molecule has 0 bridgehead atoms. The largest absolute Gasteiger partial charge is 0.505 e. The van der Waals surface area contributed by atoms with Gasteiger partial charge in [-0.1, -0.05) is 6.07 Å². The maximum absolute atomic E-state index is 12.3. The third kappa shape index (κ3) is 7.53. The van der Waals surface area contributed by atoms with Crippen molar-refractivity contribution >= 4 is 72.9 Å². The summed E-state index contributed by atoms with van der Waals surface area (Å²) in [6, 6.07) is 17.7. The number of rotatable bonds is 11. The van der Waals surface area contributed by atoms with E-state index < -0.39 is 44.4 Å². The number of aromatic carboxylic acids is 3. The molecule has 0 aromatic heterocycles. The number of methoxy groups -OCH3 is 1. The minimum absolute atomic E-state index is 0.0385. The van der Waals surface area contributed by atoms with Crippen LogP contribution in [0.5, 0.6) is 11.5 Å². The molecular weight excluding hydrogens is 674 g/mol. The Labute approximate surface area is 282 Å². The van der Waals surface area contributed by atoms with E-state index in [1.54, 1.807) is 25.1 Å². The van der Waals surface area contributed by atoms with Crippen molar-refractivity contribution in [3.63, 3.8) is 0 Å².